The molecule has 24 heavy (non-hydrogen) atoms. The van der Waals surface area contributed by atoms with Gasteiger partial charge < -0.3 is 14.5 Å². The van der Waals surface area contributed by atoms with E-state index < -0.39 is 5.60 Å². The first kappa shape index (κ1) is 17.8. The molecule has 6 heteroatoms. The minimum absolute atomic E-state index is 0.186. The molecule has 2 aliphatic rings. The van der Waals surface area contributed by atoms with Crippen LogP contribution in [-0.2, 0) is 4.74 Å². The van der Waals surface area contributed by atoms with Crippen molar-refractivity contribution in [2.75, 3.05) is 18.0 Å². The summed E-state index contributed by atoms with van der Waals surface area (Å²) in [5.41, 5.74) is 1.91. The average Bonchev–Trinajstić information content (AvgIpc) is 3.05. The number of piperazine rings is 1. The number of amides is 1. The number of hydrogen-bond acceptors (Lipinski definition) is 3. The topological polar surface area (TPSA) is 32.8 Å². The molecular weight excluding hydrogens is 436 g/mol. The van der Waals surface area contributed by atoms with Gasteiger partial charge >= 0.3 is 6.09 Å². The number of halogens is 2. The summed E-state index contributed by atoms with van der Waals surface area (Å²) in [4.78, 5) is 16.6. The summed E-state index contributed by atoms with van der Waals surface area (Å²) in [6, 6.07) is 9.08. The molecule has 0 aromatic heterocycles. The van der Waals surface area contributed by atoms with E-state index >= 15 is 0 Å². The lowest BCUT2D eigenvalue weighted by atomic mass is 10.1. The predicted molar refractivity (Wildman–Crippen MR) is 105 cm³/mol. The number of ether oxygens (including phenoxy) is 1. The van der Waals surface area contributed by atoms with Gasteiger partial charge in [-0.3, -0.25) is 0 Å². The summed E-state index contributed by atoms with van der Waals surface area (Å²) in [6.07, 6.45) is 2.86. The van der Waals surface area contributed by atoms with Gasteiger partial charge in [0, 0.05) is 24.8 Å². The van der Waals surface area contributed by atoms with Crippen LogP contribution in [0.15, 0.2) is 27.7 Å². The molecule has 2 bridgehead atoms. The third-order valence-corrected chi connectivity index (χ3v) is 4.80. The molecule has 0 N–H and O–H groups in total. The number of hydrogen-bond donors (Lipinski definition) is 0. The maximum absolute atomic E-state index is 12.3. The number of likely N-dealkylation sites (tertiary alicyclic amines) is 1. The second kappa shape index (κ2) is 6.71. The second-order valence-corrected chi connectivity index (χ2v) is 10.1. The molecule has 0 saturated carbocycles. The van der Waals surface area contributed by atoms with Crippen LogP contribution in [0.3, 0.4) is 0 Å². The number of rotatable bonds is 2. The highest BCUT2D eigenvalue weighted by Gasteiger charge is 2.46. The van der Waals surface area contributed by atoms with Gasteiger partial charge in [-0.15, -0.1) is 0 Å². The molecule has 0 aliphatic carbocycles. The van der Waals surface area contributed by atoms with Gasteiger partial charge in [-0.25, -0.2) is 4.79 Å². The molecule has 2 fully saturated rings. The summed E-state index contributed by atoms with van der Waals surface area (Å²) < 4.78 is 6.45. The Kier molecular flexibility index (Phi) is 4.98. The molecule has 2 saturated heterocycles. The Morgan fingerprint density at radius 3 is 2.58 bits per heavy atom. The average molecular weight is 458 g/mol. The Bertz CT molecular complexity index is 665. The van der Waals surface area contributed by atoms with E-state index in [4.69, 9.17) is 4.74 Å². The molecule has 0 spiro atoms. The van der Waals surface area contributed by atoms with Crippen LogP contribution in [-0.4, -0.2) is 41.8 Å². The zero-order chi connectivity index (χ0) is 17.5. The largest absolute Gasteiger partial charge is 0.444 e. The second-order valence-electron chi connectivity index (χ2n) is 7.36. The monoisotopic (exact) mass is 456 g/mol. The first-order valence-corrected chi connectivity index (χ1v) is 9.70. The van der Waals surface area contributed by atoms with Crippen LogP contribution in [0.2, 0.25) is 0 Å². The van der Waals surface area contributed by atoms with Crippen molar-refractivity contribution in [1.29, 1.82) is 0 Å². The fourth-order valence-corrected chi connectivity index (χ4v) is 3.98. The van der Waals surface area contributed by atoms with Crippen molar-refractivity contribution < 1.29 is 9.53 Å². The van der Waals surface area contributed by atoms with E-state index in [1.54, 1.807) is 0 Å². The standard InChI is InChI=1S/C18H22Br2N2O2/c1-18(2,3)24-17(23)22-11-14-9-15(22)10-21(14)13-6-4-5-12(7-13)8-16(19)20/h4-8,14-15H,9-11H2,1-3H3/t14-,15-/m0/s1. The molecule has 4 nitrogen and oxygen atoms in total. The van der Waals surface area contributed by atoms with Crippen molar-refractivity contribution in [1.82, 2.24) is 4.90 Å². The minimum Gasteiger partial charge on any atom is -0.444 e. The molecular formula is C18H22Br2N2O2. The zero-order valence-electron chi connectivity index (χ0n) is 14.1. The SMILES string of the molecule is CC(C)(C)OC(=O)N1C[C@@H]2C[C@H]1CN2c1cccc(C=C(Br)Br)c1. The van der Waals surface area contributed by atoms with Gasteiger partial charge in [-0.2, -0.15) is 0 Å². The van der Waals surface area contributed by atoms with Gasteiger partial charge in [0.1, 0.15) is 5.60 Å². The summed E-state index contributed by atoms with van der Waals surface area (Å²) in [7, 11) is 0. The lowest BCUT2D eigenvalue weighted by Gasteiger charge is -2.36. The van der Waals surface area contributed by atoms with Crippen LogP contribution in [0, 0.1) is 0 Å². The molecule has 2 atom stereocenters. The third-order valence-electron chi connectivity index (χ3n) is 4.35. The van der Waals surface area contributed by atoms with Crippen molar-refractivity contribution in [2.45, 2.75) is 44.9 Å². The van der Waals surface area contributed by atoms with E-state index in [1.807, 2.05) is 31.7 Å². The van der Waals surface area contributed by atoms with E-state index in [-0.39, 0.29) is 12.1 Å². The highest BCUT2D eigenvalue weighted by Crippen LogP contribution is 2.36. The van der Waals surface area contributed by atoms with Crippen LogP contribution >= 0.6 is 31.9 Å². The lowest BCUT2D eigenvalue weighted by Crippen LogP contribution is -2.50. The number of fused-ring (bicyclic) bond motifs is 2. The van der Waals surface area contributed by atoms with E-state index in [9.17, 15) is 4.79 Å². The van der Waals surface area contributed by atoms with Crippen LogP contribution in [0.25, 0.3) is 6.08 Å². The first-order chi connectivity index (χ1) is 11.2. The molecule has 0 radical (unpaired) electrons. The zero-order valence-corrected chi connectivity index (χ0v) is 17.3. The summed E-state index contributed by atoms with van der Waals surface area (Å²) in [6.45, 7) is 7.33. The smallest absolute Gasteiger partial charge is 0.410 e. The molecule has 2 aliphatic heterocycles. The Balaban J connectivity index is 1.70. The number of benzene rings is 1. The maximum Gasteiger partial charge on any atom is 0.410 e. The Morgan fingerprint density at radius 1 is 1.25 bits per heavy atom. The third kappa shape index (κ3) is 3.97. The molecule has 0 unspecified atom stereocenters. The fraction of sp³-hybridized carbons (Fsp3) is 0.500. The number of carbonyl (C=O) groups is 1. The van der Waals surface area contributed by atoms with Crippen LogP contribution in [0.4, 0.5) is 10.5 Å². The highest BCUT2D eigenvalue weighted by molar-refractivity contribution is 9.28. The van der Waals surface area contributed by atoms with E-state index in [0.717, 1.165) is 28.5 Å². The van der Waals surface area contributed by atoms with Gasteiger partial charge in [0.2, 0.25) is 0 Å². The van der Waals surface area contributed by atoms with E-state index in [1.165, 1.54) is 5.69 Å². The Morgan fingerprint density at radius 2 is 2.00 bits per heavy atom. The quantitative estimate of drug-likeness (QED) is 0.628. The van der Waals surface area contributed by atoms with E-state index in [0.29, 0.717) is 6.04 Å². The number of nitrogens with zero attached hydrogens (tertiary/aromatic N) is 2. The van der Waals surface area contributed by atoms with Gasteiger partial charge in [-0.1, -0.05) is 12.1 Å². The van der Waals surface area contributed by atoms with Crippen molar-refractivity contribution in [3.05, 3.63) is 33.2 Å². The number of anilines is 1. The van der Waals surface area contributed by atoms with Gasteiger partial charge in [0.15, 0.2) is 0 Å². The summed E-state index contributed by atoms with van der Waals surface area (Å²) in [5, 5.41) is 0. The first-order valence-electron chi connectivity index (χ1n) is 8.12. The van der Waals surface area contributed by atoms with Crippen molar-refractivity contribution in [3.8, 4) is 0 Å². The summed E-state index contributed by atoms with van der Waals surface area (Å²) >= 11 is 6.81. The Hall–Kier alpha value is -1.01. The van der Waals surface area contributed by atoms with Crippen molar-refractivity contribution >= 4 is 49.7 Å². The van der Waals surface area contributed by atoms with E-state index in [2.05, 4.69) is 61.0 Å². The molecule has 1 amide bonds. The molecule has 3 rings (SSSR count). The van der Waals surface area contributed by atoms with Crippen LogP contribution in [0.5, 0.6) is 0 Å². The van der Waals surface area contributed by atoms with Crippen molar-refractivity contribution in [2.24, 2.45) is 0 Å². The normalized spacial score (nSPS) is 22.7. The molecule has 130 valence electrons. The van der Waals surface area contributed by atoms with Crippen molar-refractivity contribution in [3.63, 3.8) is 0 Å². The lowest BCUT2D eigenvalue weighted by molar-refractivity contribution is 0.0215. The van der Waals surface area contributed by atoms with Gasteiger partial charge in [0.05, 0.1) is 9.43 Å². The number of carbonyl (C=O) groups excluding carboxylic acids is 1. The van der Waals surface area contributed by atoms with Gasteiger partial charge in [0.25, 0.3) is 0 Å². The van der Waals surface area contributed by atoms with Gasteiger partial charge in [-0.05, 0) is 82.8 Å². The molecule has 1 aromatic carbocycles. The molecule has 1 aromatic rings. The molecule has 2 heterocycles. The Labute approximate surface area is 160 Å². The van der Waals surface area contributed by atoms with Crippen LogP contribution in [0.1, 0.15) is 32.8 Å². The van der Waals surface area contributed by atoms with Crippen LogP contribution < -0.4 is 4.90 Å². The summed E-state index contributed by atoms with van der Waals surface area (Å²) in [5.74, 6) is 0. The minimum atomic E-state index is -0.442. The predicted octanol–water partition coefficient (Wildman–Crippen LogP) is 4.97. The maximum atomic E-state index is 12.3. The highest BCUT2D eigenvalue weighted by atomic mass is 79.9. The fourth-order valence-electron chi connectivity index (χ4n) is 3.45.